The molecule has 1 amide bonds. The van der Waals surface area contributed by atoms with Crippen LogP contribution in [0.2, 0.25) is 0 Å². The Hall–Kier alpha value is -3.48. The number of hydrogen-bond donors (Lipinski definition) is 3. The SMILES string of the molecule is O=C(NC1(Cc2ccccc2)CCCC1)c1cccnc1.O=C(O)C=CC(=O)O. The molecule has 0 radical (unpaired) electrons. The minimum Gasteiger partial charge on any atom is -0.478 e. The molecular weight excluding hydrogens is 372 g/mol. The zero-order chi connectivity index (χ0) is 21.1. The van der Waals surface area contributed by atoms with E-state index in [9.17, 15) is 14.4 Å². The van der Waals surface area contributed by atoms with Crippen molar-refractivity contribution in [3.05, 3.63) is 78.1 Å². The molecule has 0 spiro atoms. The highest BCUT2D eigenvalue weighted by molar-refractivity contribution is 5.94. The van der Waals surface area contributed by atoms with Crippen LogP contribution < -0.4 is 5.32 Å². The summed E-state index contributed by atoms with van der Waals surface area (Å²) >= 11 is 0. The van der Waals surface area contributed by atoms with Crippen molar-refractivity contribution in [1.29, 1.82) is 0 Å². The van der Waals surface area contributed by atoms with E-state index < -0.39 is 11.9 Å². The van der Waals surface area contributed by atoms with Crippen molar-refractivity contribution in [2.75, 3.05) is 0 Å². The molecule has 7 heteroatoms. The van der Waals surface area contributed by atoms with Crippen molar-refractivity contribution in [2.24, 2.45) is 0 Å². The molecule has 29 heavy (non-hydrogen) atoms. The summed E-state index contributed by atoms with van der Waals surface area (Å²) in [6, 6.07) is 14.0. The molecular formula is C22H24N2O5. The third kappa shape index (κ3) is 7.57. The first kappa shape index (κ1) is 21.8. The Morgan fingerprint density at radius 2 is 1.59 bits per heavy atom. The molecule has 2 aromatic rings. The topological polar surface area (TPSA) is 117 Å². The van der Waals surface area contributed by atoms with Crippen LogP contribution in [-0.2, 0) is 16.0 Å². The molecule has 0 bridgehead atoms. The van der Waals surface area contributed by atoms with E-state index in [4.69, 9.17) is 10.2 Å². The van der Waals surface area contributed by atoms with Crippen molar-refractivity contribution in [3.63, 3.8) is 0 Å². The van der Waals surface area contributed by atoms with Crippen LogP contribution in [-0.4, -0.2) is 38.6 Å². The van der Waals surface area contributed by atoms with Gasteiger partial charge in [-0.1, -0.05) is 43.2 Å². The minimum absolute atomic E-state index is 0.0130. The number of benzene rings is 1. The standard InChI is InChI=1S/C18H20N2O.C4H4O4/c21-17(16-9-6-12-19-14-16)20-18(10-4-5-11-18)13-15-7-2-1-3-8-15;5-3(6)1-2-4(7)8/h1-3,6-9,12,14H,4-5,10-11,13H2,(H,20,21);1-2H,(H,5,6)(H,7,8). The van der Waals surface area contributed by atoms with Crippen molar-refractivity contribution in [2.45, 2.75) is 37.6 Å². The number of carboxylic acid groups (broad SMARTS) is 2. The van der Waals surface area contributed by atoms with Gasteiger partial charge in [-0.3, -0.25) is 9.78 Å². The molecule has 0 unspecified atom stereocenters. The first-order chi connectivity index (χ1) is 13.9. The molecule has 1 aromatic heterocycles. The van der Waals surface area contributed by atoms with E-state index in [-0.39, 0.29) is 11.4 Å². The van der Waals surface area contributed by atoms with Crippen LogP contribution in [0.25, 0.3) is 0 Å². The molecule has 0 saturated heterocycles. The fourth-order valence-electron chi connectivity index (χ4n) is 3.34. The number of carbonyl (C=O) groups is 3. The van der Waals surface area contributed by atoms with Crippen LogP contribution in [0, 0.1) is 0 Å². The quantitative estimate of drug-likeness (QED) is 0.646. The molecule has 3 N–H and O–H groups in total. The summed E-state index contributed by atoms with van der Waals surface area (Å²) in [4.78, 5) is 35.6. The van der Waals surface area contributed by atoms with E-state index in [1.165, 1.54) is 18.4 Å². The molecule has 1 heterocycles. The van der Waals surface area contributed by atoms with Gasteiger partial charge in [0.05, 0.1) is 5.56 Å². The molecule has 0 atom stereocenters. The monoisotopic (exact) mass is 396 g/mol. The fraction of sp³-hybridized carbons (Fsp3) is 0.273. The molecule has 152 valence electrons. The lowest BCUT2D eigenvalue weighted by molar-refractivity contribution is -0.134. The maximum atomic E-state index is 12.4. The summed E-state index contributed by atoms with van der Waals surface area (Å²) in [5.74, 6) is -2.53. The van der Waals surface area contributed by atoms with Gasteiger partial charge in [0.25, 0.3) is 5.91 Å². The van der Waals surface area contributed by atoms with E-state index >= 15 is 0 Å². The van der Waals surface area contributed by atoms with Crippen LogP contribution >= 0.6 is 0 Å². The first-order valence-corrected chi connectivity index (χ1v) is 9.31. The van der Waals surface area contributed by atoms with E-state index in [2.05, 4.69) is 34.6 Å². The fourth-order valence-corrected chi connectivity index (χ4v) is 3.34. The molecule has 7 nitrogen and oxygen atoms in total. The Morgan fingerprint density at radius 1 is 0.966 bits per heavy atom. The van der Waals surface area contributed by atoms with Gasteiger partial charge < -0.3 is 15.5 Å². The molecule has 1 fully saturated rings. The number of carbonyl (C=O) groups excluding carboxylic acids is 1. The minimum atomic E-state index is -1.26. The summed E-state index contributed by atoms with van der Waals surface area (Å²) < 4.78 is 0. The number of aromatic nitrogens is 1. The van der Waals surface area contributed by atoms with Gasteiger partial charge in [-0.15, -0.1) is 0 Å². The van der Waals surface area contributed by atoms with Gasteiger partial charge in [0.2, 0.25) is 0 Å². The van der Waals surface area contributed by atoms with Gasteiger partial charge >= 0.3 is 11.9 Å². The summed E-state index contributed by atoms with van der Waals surface area (Å²) in [5.41, 5.74) is 1.82. The van der Waals surface area contributed by atoms with Crippen LogP contribution in [0.5, 0.6) is 0 Å². The van der Waals surface area contributed by atoms with Gasteiger partial charge in [-0.25, -0.2) is 9.59 Å². The normalized spacial score (nSPS) is 14.6. The lowest BCUT2D eigenvalue weighted by Crippen LogP contribution is -2.48. The van der Waals surface area contributed by atoms with Crippen molar-refractivity contribution >= 4 is 17.8 Å². The zero-order valence-electron chi connectivity index (χ0n) is 16.0. The van der Waals surface area contributed by atoms with Gasteiger partial charge in [0, 0.05) is 30.1 Å². The maximum Gasteiger partial charge on any atom is 0.328 e. The van der Waals surface area contributed by atoms with Crippen LogP contribution in [0.15, 0.2) is 67.0 Å². The Bertz CT molecular complexity index is 828. The van der Waals surface area contributed by atoms with Crippen molar-refractivity contribution < 1.29 is 24.6 Å². The number of amides is 1. The molecule has 1 saturated carbocycles. The van der Waals surface area contributed by atoms with E-state index in [0.29, 0.717) is 17.7 Å². The lowest BCUT2D eigenvalue weighted by atomic mass is 9.88. The van der Waals surface area contributed by atoms with Gasteiger partial charge in [-0.05, 0) is 37.0 Å². The molecule has 1 aliphatic carbocycles. The highest BCUT2D eigenvalue weighted by Crippen LogP contribution is 2.33. The van der Waals surface area contributed by atoms with Crippen LogP contribution in [0.3, 0.4) is 0 Å². The number of rotatable bonds is 6. The molecule has 3 rings (SSSR count). The summed E-state index contributed by atoms with van der Waals surface area (Å²) in [6.07, 6.45) is 9.79. The Balaban J connectivity index is 0.000000321. The second kappa shape index (κ2) is 10.8. The summed E-state index contributed by atoms with van der Waals surface area (Å²) in [6.45, 7) is 0. The van der Waals surface area contributed by atoms with E-state index in [1.54, 1.807) is 18.5 Å². The average Bonchev–Trinajstić information content (AvgIpc) is 3.16. The third-order valence-electron chi connectivity index (χ3n) is 4.62. The Labute approximate surface area is 169 Å². The van der Waals surface area contributed by atoms with Crippen molar-refractivity contribution in [1.82, 2.24) is 10.3 Å². The zero-order valence-corrected chi connectivity index (χ0v) is 16.0. The molecule has 1 aliphatic rings. The van der Waals surface area contributed by atoms with Crippen LogP contribution in [0.4, 0.5) is 0 Å². The summed E-state index contributed by atoms with van der Waals surface area (Å²) in [7, 11) is 0. The average molecular weight is 396 g/mol. The number of hydrogen-bond acceptors (Lipinski definition) is 4. The number of nitrogens with zero attached hydrogens (tertiary/aromatic N) is 1. The third-order valence-corrected chi connectivity index (χ3v) is 4.62. The largest absolute Gasteiger partial charge is 0.478 e. The van der Waals surface area contributed by atoms with E-state index in [0.717, 1.165) is 19.3 Å². The number of pyridine rings is 1. The number of aliphatic carboxylic acids is 2. The molecule has 1 aromatic carbocycles. The van der Waals surface area contributed by atoms with Crippen LogP contribution in [0.1, 0.15) is 41.6 Å². The second-order valence-corrected chi connectivity index (χ2v) is 6.86. The van der Waals surface area contributed by atoms with Crippen molar-refractivity contribution in [3.8, 4) is 0 Å². The maximum absolute atomic E-state index is 12.4. The smallest absolute Gasteiger partial charge is 0.328 e. The van der Waals surface area contributed by atoms with Gasteiger partial charge in [0.1, 0.15) is 0 Å². The number of nitrogens with one attached hydrogen (secondary N) is 1. The lowest BCUT2D eigenvalue weighted by Gasteiger charge is -2.30. The van der Waals surface area contributed by atoms with Gasteiger partial charge in [0.15, 0.2) is 0 Å². The summed E-state index contributed by atoms with van der Waals surface area (Å²) in [5, 5.41) is 18.9. The van der Waals surface area contributed by atoms with Gasteiger partial charge in [-0.2, -0.15) is 0 Å². The predicted octanol–water partition coefficient (Wildman–Crippen LogP) is 3.08. The highest BCUT2D eigenvalue weighted by Gasteiger charge is 2.35. The second-order valence-electron chi connectivity index (χ2n) is 6.86. The Kier molecular flexibility index (Phi) is 8.09. The Morgan fingerprint density at radius 3 is 2.10 bits per heavy atom. The highest BCUT2D eigenvalue weighted by atomic mass is 16.4. The molecule has 0 aliphatic heterocycles. The first-order valence-electron chi connectivity index (χ1n) is 9.31. The predicted molar refractivity (Wildman–Crippen MR) is 107 cm³/mol. The number of carboxylic acids is 2. The van der Waals surface area contributed by atoms with E-state index in [1.807, 2.05) is 12.1 Å².